The number of hydrogen-bond acceptors (Lipinski definition) is 3. The Morgan fingerprint density at radius 3 is 2.50 bits per heavy atom. The van der Waals surface area contributed by atoms with Crippen LogP contribution in [0, 0.1) is 5.92 Å². The molecule has 0 spiro atoms. The van der Waals surface area contributed by atoms with Crippen LogP contribution in [0.25, 0.3) is 0 Å². The Morgan fingerprint density at radius 2 is 2.08 bits per heavy atom. The molecule has 3 heteroatoms. The van der Waals surface area contributed by atoms with Gasteiger partial charge in [-0.1, -0.05) is 12.2 Å². The fourth-order valence-corrected chi connectivity index (χ4v) is 1.37. The second-order valence-corrected chi connectivity index (χ2v) is 3.27. The average Bonchev–Trinajstić information content (AvgIpc) is 2.30. The molecule has 0 heterocycles. The molecule has 3 atom stereocenters. The van der Waals surface area contributed by atoms with E-state index in [4.69, 9.17) is 5.11 Å². The smallest absolute Gasteiger partial charge is 0.129 e. The SMILES string of the molecule is CC(=O)CCC1C=CC(O)C1O. The first kappa shape index (κ1) is 9.42. The molecule has 1 aliphatic rings. The van der Waals surface area contributed by atoms with E-state index >= 15 is 0 Å². The first-order valence-electron chi connectivity index (χ1n) is 4.15. The van der Waals surface area contributed by atoms with Gasteiger partial charge in [0.25, 0.3) is 0 Å². The van der Waals surface area contributed by atoms with Gasteiger partial charge < -0.3 is 15.0 Å². The van der Waals surface area contributed by atoms with E-state index in [-0.39, 0.29) is 11.7 Å². The van der Waals surface area contributed by atoms with Crippen LogP contribution in [0.15, 0.2) is 12.2 Å². The molecule has 0 radical (unpaired) electrons. The largest absolute Gasteiger partial charge is 0.389 e. The van der Waals surface area contributed by atoms with E-state index in [1.165, 1.54) is 6.92 Å². The van der Waals surface area contributed by atoms with Crippen LogP contribution < -0.4 is 0 Å². The molecule has 0 bridgehead atoms. The van der Waals surface area contributed by atoms with Crippen molar-refractivity contribution in [2.24, 2.45) is 5.92 Å². The van der Waals surface area contributed by atoms with E-state index in [2.05, 4.69) is 0 Å². The lowest BCUT2D eigenvalue weighted by Gasteiger charge is -2.15. The van der Waals surface area contributed by atoms with Crippen molar-refractivity contribution >= 4 is 5.78 Å². The molecule has 2 N–H and O–H groups in total. The molecule has 3 nitrogen and oxygen atoms in total. The van der Waals surface area contributed by atoms with Crippen LogP contribution in [-0.4, -0.2) is 28.2 Å². The highest BCUT2D eigenvalue weighted by molar-refractivity contribution is 5.75. The van der Waals surface area contributed by atoms with Crippen LogP contribution in [0.4, 0.5) is 0 Å². The van der Waals surface area contributed by atoms with E-state index in [1.54, 1.807) is 12.2 Å². The van der Waals surface area contributed by atoms with Gasteiger partial charge in [0.1, 0.15) is 5.78 Å². The highest BCUT2D eigenvalue weighted by atomic mass is 16.3. The van der Waals surface area contributed by atoms with Gasteiger partial charge in [-0.05, 0) is 13.3 Å². The number of aliphatic hydroxyl groups excluding tert-OH is 2. The third-order valence-electron chi connectivity index (χ3n) is 2.17. The number of carbonyl (C=O) groups excluding carboxylic acids is 1. The van der Waals surface area contributed by atoms with Crippen molar-refractivity contribution in [3.05, 3.63) is 12.2 Å². The Hall–Kier alpha value is -0.670. The molecule has 0 aliphatic heterocycles. The lowest BCUT2D eigenvalue weighted by atomic mass is 9.98. The number of ketones is 1. The van der Waals surface area contributed by atoms with Gasteiger partial charge in [-0.3, -0.25) is 0 Å². The van der Waals surface area contributed by atoms with Crippen molar-refractivity contribution in [2.45, 2.75) is 32.0 Å². The Kier molecular flexibility index (Phi) is 3.00. The first-order chi connectivity index (χ1) is 5.61. The number of carbonyl (C=O) groups is 1. The van der Waals surface area contributed by atoms with Crippen molar-refractivity contribution in [3.63, 3.8) is 0 Å². The molecule has 0 aromatic carbocycles. The van der Waals surface area contributed by atoms with Crippen LogP contribution in [0.2, 0.25) is 0 Å². The van der Waals surface area contributed by atoms with Crippen molar-refractivity contribution in [1.82, 2.24) is 0 Å². The number of rotatable bonds is 3. The fourth-order valence-electron chi connectivity index (χ4n) is 1.37. The molecule has 0 saturated carbocycles. The van der Waals surface area contributed by atoms with Gasteiger partial charge in [-0.15, -0.1) is 0 Å². The molecular weight excluding hydrogens is 156 g/mol. The van der Waals surface area contributed by atoms with E-state index in [9.17, 15) is 9.90 Å². The summed E-state index contributed by atoms with van der Waals surface area (Å²) in [7, 11) is 0. The summed E-state index contributed by atoms with van der Waals surface area (Å²) in [6, 6.07) is 0. The van der Waals surface area contributed by atoms with Gasteiger partial charge in [0.2, 0.25) is 0 Å². The third-order valence-corrected chi connectivity index (χ3v) is 2.17. The molecule has 0 aromatic heterocycles. The lowest BCUT2D eigenvalue weighted by Crippen LogP contribution is -2.26. The van der Waals surface area contributed by atoms with E-state index in [1.807, 2.05) is 0 Å². The summed E-state index contributed by atoms with van der Waals surface area (Å²) in [6.07, 6.45) is 2.99. The topological polar surface area (TPSA) is 57.5 Å². The Balaban J connectivity index is 2.35. The summed E-state index contributed by atoms with van der Waals surface area (Å²) in [5.41, 5.74) is 0. The van der Waals surface area contributed by atoms with Crippen LogP contribution in [-0.2, 0) is 4.79 Å². The molecule has 0 aromatic rings. The minimum atomic E-state index is -0.748. The molecule has 12 heavy (non-hydrogen) atoms. The zero-order valence-corrected chi connectivity index (χ0v) is 7.10. The summed E-state index contributed by atoms with van der Waals surface area (Å²) >= 11 is 0. The second kappa shape index (κ2) is 3.83. The monoisotopic (exact) mass is 170 g/mol. The van der Waals surface area contributed by atoms with Crippen molar-refractivity contribution in [1.29, 1.82) is 0 Å². The second-order valence-electron chi connectivity index (χ2n) is 3.27. The maximum Gasteiger partial charge on any atom is 0.129 e. The van der Waals surface area contributed by atoms with E-state index in [0.717, 1.165) is 0 Å². The molecule has 3 unspecified atom stereocenters. The highest BCUT2D eigenvalue weighted by Crippen LogP contribution is 2.23. The summed E-state index contributed by atoms with van der Waals surface area (Å²) in [5.74, 6) is 0.0703. The molecule has 0 saturated heterocycles. The van der Waals surface area contributed by atoms with Gasteiger partial charge in [-0.25, -0.2) is 0 Å². The summed E-state index contributed by atoms with van der Waals surface area (Å²) in [6.45, 7) is 1.53. The molecule has 1 aliphatic carbocycles. The zero-order valence-electron chi connectivity index (χ0n) is 7.10. The zero-order chi connectivity index (χ0) is 9.14. The Labute approximate surface area is 71.7 Å². The summed E-state index contributed by atoms with van der Waals surface area (Å²) < 4.78 is 0. The lowest BCUT2D eigenvalue weighted by molar-refractivity contribution is -0.117. The minimum absolute atomic E-state index is 0.0519. The predicted molar refractivity (Wildman–Crippen MR) is 44.6 cm³/mol. The van der Waals surface area contributed by atoms with E-state index < -0.39 is 12.2 Å². The van der Waals surface area contributed by atoms with Gasteiger partial charge in [-0.2, -0.15) is 0 Å². The normalized spacial score (nSPS) is 34.1. The van der Waals surface area contributed by atoms with Crippen LogP contribution >= 0.6 is 0 Å². The van der Waals surface area contributed by atoms with Crippen molar-refractivity contribution in [2.75, 3.05) is 0 Å². The van der Waals surface area contributed by atoms with Gasteiger partial charge in [0.15, 0.2) is 0 Å². The molecule has 1 rings (SSSR count). The highest BCUT2D eigenvalue weighted by Gasteiger charge is 2.27. The number of hydrogen-bond donors (Lipinski definition) is 2. The van der Waals surface area contributed by atoms with Crippen molar-refractivity contribution < 1.29 is 15.0 Å². The van der Waals surface area contributed by atoms with Crippen LogP contribution in [0.5, 0.6) is 0 Å². The molecule has 0 amide bonds. The fraction of sp³-hybridized carbons (Fsp3) is 0.667. The molecular formula is C9H14O3. The maximum absolute atomic E-state index is 10.6. The Morgan fingerprint density at radius 1 is 1.42 bits per heavy atom. The standard InChI is InChI=1S/C9H14O3/c1-6(10)2-3-7-4-5-8(11)9(7)12/h4-5,7-9,11-12H,2-3H2,1H3. The van der Waals surface area contributed by atoms with Crippen LogP contribution in [0.3, 0.4) is 0 Å². The quantitative estimate of drug-likeness (QED) is 0.597. The molecule has 0 fully saturated rings. The Bertz CT molecular complexity index is 198. The van der Waals surface area contributed by atoms with Gasteiger partial charge in [0, 0.05) is 12.3 Å². The summed E-state index contributed by atoms with van der Waals surface area (Å²) in [5, 5.41) is 18.5. The first-order valence-corrected chi connectivity index (χ1v) is 4.15. The molecule has 68 valence electrons. The summed E-state index contributed by atoms with van der Waals surface area (Å²) in [4.78, 5) is 10.6. The maximum atomic E-state index is 10.6. The van der Waals surface area contributed by atoms with Crippen molar-refractivity contribution in [3.8, 4) is 0 Å². The average molecular weight is 170 g/mol. The minimum Gasteiger partial charge on any atom is -0.389 e. The third kappa shape index (κ3) is 2.16. The number of Topliss-reactive ketones (excluding diaryl/α,β-unsaturated/α-hetero) is 1. The number of aliphatic hydroxyl groups is 2. The predicted octanol–water partition coefficient (Wildman–Crippen LogP) is 0.263. The van der Waals surface area contributed by atoms with Gasteiger partial charge in [0.05, 0.1) is 12.2 Å². The van der Waals surface area contributed by atoms with E-state index in [0.29, 0.717) is 12.8 Å². The van der Waals surface area contributed by atoms with Crippen LogP contribution in [0.1, 0.15) is 19.8 Å². The van der Waals surface area contributed by atoms with Gasteiger partial charge >= 0.3 is 0 Å².